The van der Waals surface area contributed by atoms with Crippen molar-refractivity contribution >= 4 is 11.8 Å². The highest BCUT2D eigenvalue weighted by atomic mass is 19.1. The molecule has 1 aromatic heterocycles. The maximum atomic E-state index is 13.3. The quantitative estimate of drug-likeness (QED) is 0.890. The number of rotatable bonds is 4. The minimum absolute atomic E-state index is 0.0987. The zero-order chi connectivity index (χ0) is 17.2. The van der Waals surface area contributed by atoms with Crippen LogP contribution in [0.5, 0.6) is 0 Å². The molecule has 6 nitrogen and oxygen atoms in total. The van der Waals surface area contributed by atoms with Crippen LogP contribution in [0.3, 0.4) is 0 Å². The molecule has 0 spiro atoms. The van der Waals surface area contributed by atoms with Crippen LogP contribution in [0.15, 0.2) is 36.7 Å². The summed E-state index contributed by atoms with van der Waals surface area (Å²) in [5.74, 6) is -0.827. The SMILES string of the molecule is O=C(O)c1cnc(N2CCC(O)(Cc3cccc(F)c3)CC2)cn1. The normalized spacial score (nSPS) is 16.8. The number of carboxylic acids is 1. The Bertz CT molecular complexity index is 728. The van der Waals surface area contributed by atoms with Crippen molar-refractivity contribution in [2.75, 3.05) is 18.0 Å². The molecule has 0 radical (unpaired) electrons. The van der Waals surface area contributed by atoms with Gasteiger partial charge in [-0.25, -0.2) is 19.2 Å². The third-order valence-electron chi connectivity index (χ3n) is 4.30. The maximum Gasteiger partial charge on any atom is 0.356 e. The van der Waals surface area contributed by atoms with Gasteiger partial charge in [0.15, 0.2) is 5.69 Å². The van der Waals surface area contributed by atoms with E-state index in [0.29, 0.717) is 38.2 Å². The van der Waals surface area contributed by atoms with Gasteiger partial charge < -0.3 is 15.1 Å². The predicted molar refractivity (Wildman–Crippen MR) is 85.5 cm³/mol. The van der Waals surface area contributed by atoms with Crippen LogP contribution in [0.4, 0.5) is 10.2 Å². The summed E-state index contributed by atoms with van der Waals surface area (Å²) in [6.07, 6.45) is 4.10. The van der Waals surface area contributed by atoms with Crippen molar-refractivity contribution in [1.82, 2.24) is 9.97 Å². The molecule has 1 aliphatic rings. The second-order valence-electron chi connectivity index (χ2n) is 6.08. The van der Waals surface area contributed by atoms with E-state index in [1.807, 2.05) is 11.0 Å². The third kappa shape index (κ3) is 3.68. The van der Waals surface area contributed by atoms with Crippen LogP contribution in [0, 0.1) is 5.82 Å². The lowest BCUT2D eigenvalue weighted by molar-refractivity contribution is 0.0164. The smallest absolute Gasteiger partial charge is 0.356 e. The van der Waals surface area contributed by atoms with Crippen molar-refractivity contribution in [1.29, 1.82) is 0 Å². The Kier molecular flexibility index (Phi) is 4.44. The fraction of sp³-hybridized carbons (Fsp3) is 0.353. The average molecular weight is 331 g/mol. The van der Waals surface area contributed by atoms with E-state index in [0.717, 1.165) is 5.56 Å². The summed E-state index contributed by atoms with van der Waals surface area (Å²) in [4.78, 5) is 20.7. The number of benzene rings is 1. The molecule has 0 bridgehead atoms. The molecular formula is C17H18FN3O3. The second kappa shape index (κ2) is 6.52. The van der Waals surface area contributed by atoms with Crippen LogP contribution in [0.2, 0.25) is 0 Å². The van der Waals surface area contributed by atoms with E-state index >= 15 is 0 Å². The van der Waals surface area contributed by atoms with Gasteiger partial charge in [0.2, 0.25) is 0 Å². The van der Waals surface area contributed by atoms with Gasteiger partial charge in [-0.2, -0.15) is 0 Å². The summed E-state index contributed by atoms with van der Waals surface area (Å²) in [5, 5.41) is 19.6. The van der Waals surface area contributed by atoms with Crippen LogP contribution < -0.4 is 4.90 Å². The highest BCUT2D eigenvalue weighted by Crippen LogP contribution is 2.28. The highest BCUT2D eigenvalue weighted by molar-refractivity contribution is 5.84. The van der Waals surface area contributed by atoms with Crippen molar-refractivity contribution in [3.63, 3.8) is 0 Å². The molecule has 2 aromatic rings. The molecule has 0 amide bonds. The second-order valence-corrected chi connectivity index (χ2v) is 6.08. The topological polar surface area (TPSA) is 86.5 Å². The lowest BCUT2D eigenvalue weighted by Gasteiger charge is -2.38. The monoisotopic (exact) mass is 331 g/mol. The lowest BCUT2D eigenvalue weighted by atomic mass is 9.85. The van der Waals surface area contributed by atoms with Gasteiger partial charge in [-0.15, -0.1) is 0 Å². The van der Waals surface area contributed by atoms with Crippen molar-refractivity contribution < 1.29 is 19.4 Å². The Hall–Kier alpha value is -2.54. The van der Waals surface area contributed by atoms with E-state index in [9.17, 15) is 14.3 Å². The summed E-state index contributed by atoms with van der Waals surface area (Å²) < 4.78 is 13.3. The molecule has 0 atom stereocenters. The lowest BCUT2D eigenvalue weighted by Crippen LogP contribution is -2.46. The molecule has 1 aliphatic heterocycles. The number of halogens is 1. The Morgan fingerprint density at radius 2 is 2.00 bits per heavy atom. The summed E-state index contributed by atoms with van der Waals surface area (Å²) in [5.41, 5.74) is -0.200. The zero-order valence-corrected chi connectivity index (χ0v) is 13.0. The van der Waals surface area contributed by atoms with Crippen LogP contribution in [0.1, 0.15) is 28.9 Å². The van der Waals surface area contributed by atoms with Gasteiger partial charge >= 0.3 is 5.97 Å². The van der Waals surface area contributed by atoms with Crippen LogP contribution in [-0.4, -0.2) is 44.8 Å². The zero-order valence-electron chi connectivity index (χ0n) is 13.0. The standard InChI is InChI=1S/C17H18FN3O3/c18-13-3-1-2-12(8-13)9-17(24)4-6-21(7-5-17)15-11-19-14(10-20-15)16(22)23/h1-3,8,10-11,24H,4-7,9H2,(H,22,23). The summed E-state index contributed by atoms with van der Waals surface area (Å²) in [7, 11) is 0. The first-order valence-corrected chi connectivity index (χ1v) is 7.72. The molecule has 7 heteroatoms. The first-order chi connectivity index (χ1) is 11.5. The first kappa shape index (κ1) is 16.3. The molecule has 1 fully saturated rings. The number of hydrogen-bond acceptors (Lipinski definition) is 5. The number of piperidine rings is 1. The first-order valence-electron chi connectivity index (χ1n) is 7.72. The van der Waals surface area contributed by atoms with Gasteiger partial charge in [-0.1, -0.05) is 12.1 Å². The number of nitrogens with zero attached hydrogens (tertiary/aromatic N) is 3. The van der Waals surface area contributed by atoms with Crippen molar-refractivity contribution in [2.45, 2.75) is 24.9 Å². The molecule has 1 saturated heterocycles. The predicted octanol–water partition coefficient (Wildman–Crippen LogP) is 1.89. The van der Waals surface area contributed by atoms with E-state index in [4.69, 9.17) is 5.11 Å². The van der Waals surface area contributed by atoms with Crippen molar-refractivity contribution in [2.24, 2.45) is 0 Å². The Balaban J connectivity index is 1.63. The van der Waals surface area contributed by atoms with E-state index in [2.05, 4.69) is 9.97 Å². The fourth-order valence-electron chi connectivity index (χ4n) is 2.95. The molecule has 2 heterocycles. The van der Waals surface area contributed by atoms with Gasteiger partial charge in [0.1, 0.15) is 11.6 Å². The third-order valence-corrected chi connectivity index (χ3v) is 4.30. The molecular weight excluding hydrogens is 313 g/mol. The summed E-state index contributed by atoms with van der Waals surface area (Å²) >= 11 is 0. The number of hydrogen-bond donors (Lipinski definition) is 2. The van der Waals surface area contributed by atoms with Gasteiger partial charge in [0.05, 0.1) is 18.0 Å². The molecule has 0 saturated carbocycles. The van der Waals surface area contributed by atoms with Crippen molar-refractivity contribution in [3.05, 3.63) is 53.7 Å². The molecule has 2 N–H and O–H groups in total. The Labute approximate surface area is 138 Å². The molecule has 3 rings (SSSR count). The highest BCUT2D eigenvalue weighted by Gasteiger charge is 2.33. The minimum atomic E-state index is -1.11. The molecule has 0 unspecified atom stereocenters. The van der Waals surface area contributed by atoms with Gasteiger partial charge in [-0.05, 0) is 30.5 Å². The molecule has 1 aromatic carbocycles. The van der Waals surface area contributed by atoms with Crippen LogP contribution in [-0.2, 0) is 6.42 Å². The number of anilines is 1. The number of carboxylic acid groups (broad SMARTS) is 1. The van der Waals surface area contributed by atoms with E-state index in [-0.39, 0.29) is 11.5 Å². The largest absolute Gasteiger partial charge is 0.476 e. The van der Waals surface area contributed by atoms with Crippen LogP contribution >= 0.6 is 0 Å². The summed E-state index contributed by atoms with van der Waals surface area (Å²) in [6.45, 7) is 1.15. The number of aromatic carboxylic acids is 1. The molecule has 0 aliphatic carbocycles. The fourth-order valence-corrected chi connectivity index (χ4v) is 2.95. The Morgan fingerprint density at radius 1 is 1.25 bits per heavy atom. The Morgan fingerprint density at radius 3 is 2.58 bits per heavy atom. The van der Waals surface area contributed by atoms with Crippen LogP contribution in [0.25, 0.3) is 0 Å². The van der Waals surface area contributed by atoms with E-state index in [1.165, 1.54) is 24.5 Å². The summed E-state index contributed by atoms with van der Waals surface area (Å²) in [6, 6.07) is 6.28. The van der Waals surface area contributed by atoms with Gasteiger partial charge in [0, 0.05) is 19.5 Å². The maximum absolute atomic E-state index is 13.3. The number of aromatic nitrogens is 2. The molecule has 24 heavy (non-hydrogen) atoms. The number of carbonyl (C=O) groups is 1. The average Bonchev–Trinajstić information content (AvgIpc) is 2.55. The van der Waals surface area contributed by atoms with E-state index in [1.54, 1.807) is 6.07 Å². The molecule has 126 valence electrons. The van der Waals surface area contributed by atoms with Crippen molar-refractivity contribution in [3.8, 4) is 0 Å². The van der Waals surface area contributed by atoms with Gasteiger partial charge in [0.25, 0.3) is 0 Å². The van der Waals surface area contributed by atoms with E-state index < -0.39 is 11.6 Å². The number of aliphatic hydroxyl groups is 1. The van der Waals surface area contributed by atoms with Gasteiger partial charge in [-0.3, -0.25) is 0 Å². The minimum Gasteiger partial charge on any atom is -0.476 e.